The Morgan fingerprint density at radius 1 is 0.970 bits per heavy atom. The molecule has 1 heterocycles. The molecule has 0 radical (unpaired) electrons. The Morgan fingerprint density at radius 3 is 2.36 bits per heavy atom. The standard InChI is InChI=1S/C29H41NO3/c1-4-21(3)23-8-11-27(12-9-23)33-28-13-10-25-18-22(6-7-26(25)19-28)20-30-16-14-24(15-17-30)29(31)32-5-2/h6-7,10,13,18-19,21,23-24,27H,4-5,8-9,11-12,14-17,20H2,1-3H3. The summed E-state index contributed by atoms with van der Waals surface area (Å²) in [6.07, 6.45) is 8.39. The summed E-state index contributed by atoms with van der Waals surface area (Å²) in [6, 6.07) is 13.3. The average Bonchev–Trinajstić information content (AvgIpc) is 2.84. The van der Waals surface area contributed by atoms with Crippen LogP contribution in [0.1, 0.15) is 71.3 Å². The van der Waals surface area contributed by atoms with Crippen LogP contribution in [0.25, 0.3) is 10.8 Å². The third kappa shape index (κ3) is 6.29. The van der Waals surface area contributed by atoms with Gasteiger partial charge in [-0.1, -0.05) is 38.5 Å². The van der Waals surface area contributed by atoms with E-state index in [1.165, 1.54) is 48.4 Å². The van der Waals surface area contributed by atoms with Crippen molar-refractivity contribution in [2.24, 2.45) is 17.8 Å². The van der Waals surface area contributed by atoms with Crippen LogP contribution in [0.15, 0.2) is 36.4 Å². The molecular formula is C29H41NO3. The van der Waals surface area contributed by atoms with E-state index in [-0.39, 0.29) is 11.9 Å². The normalized spacial score (nSPS) is 23.4. The van der Waals surface area contributed by atoms with Gasteiger partial charge in [0.2, 0.25) is 0 Å². The fourth-order valence-corrected chi connectivity index (χ4v) is 5.59. The minimum Gasteiger partial charge on any atom is -0.490 e. The molecule has 0 amide bonds. The number of likely N-dealkylation sites (tertiary alicyclic amines) is 1. The van der Waals surface area contributed by atoms with Crippen LogP contribution in [0.4, 0.5) is 0 Å². The summed E-state index contributed by atoms with van der Waals surface area (Å²) in [5.41, 5.74) is 1.33. The highest BCUT2D eigenvalue weighted by atomic mass is 16.5. The summed E-state index contributed by atoms with van der Waals surface area (Å²) in [4.78, 5) is 14.4. The van der Waals surface area contributed by atoms with Crippen molar-refractivity contribution >= 4 is 16.7 Å². The van der Waals surface area contributed by atoms with Gasteiger partial charge >= 0.3 is 5.97 Å². The molecule has 0 bridgehead atoms. The van der Waals surface area contributed by atoms with E-state index >= 15 is 0 Å². The van der Waals surface area contributed by atoms with Crippen LogP contribution in [0.5, 0.6) is 5.75 Å². The van der Waals surface area contributed by atoms with E-state index in [1.54, 1.807) is 0 Å². The zero-order valence-corrected chi connectivity index (χ0v) is 20.7. The van der Waals surface area contributed by atoms with Gasteiger partial charge in [-0.05, 0) is 105 Å². The van der Waals surface area contributed by atoms with Gasteiger partial charge in [-0.2, -0.15) is 0 Å². The maximum absolute atomic E-state index is 12.0. The molecule has 0 aromatic heterocycles. The Morgan fingerprint density at radius 2 is 1.67 bits per heavy atom. The van der Waals surface area contributed by atoms with Gasteiger partial charge < -0.3 is 9.47 Å². The highest BCUT2D eigenvalue weighted by Gasteiger charge is 2.26. The first-order chi connectivity index (χ1) is 16.1. The highest BCUT2D eigenvalue weighted by molar-refractivity contribution is 5.84. The summed E-state index contributed by atoms with van der Waals surface area (Å²) < 4.78 is 11.6. The van der Waals surface area contributed by atoms with E-state index < -0.39 is 0 Å². The van der Waals surface area contributed by atoms with Gasteiger partial charge in [0.15, 0.2) is 0 Å². The zero-order chi connectivity index (χ0) is 23.2. The number of hydrogen-bond donors (Lipinski definition) is 0. The number of rotatable bonds is 8. The van der Waals surface area contributed by atoms with Gasteiger partial charge in [0, 0.05) is 6.54 Å². The topological polar surface area (TPSA) is 38.8 Å². The second-order valence-corrected chi connectivity index (χ2v) is 10.2. The molecular weight excluding hydrogens is 410 g/mol. The van der Waals surface area contributed by atoms with Crippen molar-refractivity contribution in [3.05, 3.63) is 42.0 Å². The molecule has 1 saturated heterocycles. The molecule has 2 aliphatic rings. The van der Waals surface area contributed by atoms with Gasteiger partial charge in [0.25, 0.3) is 0 Å². The van der Waals surface area contributed by atoms with Crippen molar-refractivity contribution in [3.8, 4) is 5.75 Å². The summed E-state index contributed by atoms with van der Waals surface area (Å²) in [5, 5.41) is 2.51. The zero-order valence-electron chi connectivity index (χ0n) is 20.7. The second-order valence-electron chi connectivity index (χ2n) is 10.2. The monoisotopic (exact) mass is 451 g/mol. The predicted octanol–water partition coefficient (Wildman–Crippen LogP) is 6.60. The van der Waals surface area contributed by atoms with Crippen molar-refractivity contribution in [2.75, 3.05) is 19.7 Å². The Hall–Kier alpha value is -2.07. The molecule has 1 unspecified atom stereocenters. The second kappa shape index (κ2) is 11.4. The van der Waals surface area contributed by atoms with E-state index in [1.807, 2.05) is 6.92 Å². The Labute approximate surface area is 199 Å². The van der Waals surface area contributed by atoms with Crippen LogP contribution in [-0.4, -0.2) is 36.7 Å². The third-order valence-electron chi connectivity index (χ3n) is 7.96. The number of nitrogens with zero attached hydrogens (tertiary/aromatic N) is 1. The van der Waals surface area contributed by atoms with Crippen molar-refractivity contribution in [3.63, 3.8) is 0 Å². The predicted molar refractivity (Wildman–Crippen MR) is 134 cm³/mol. The molecule has 2 fully saturated rings. The van der Waals surface area contributed by atoms with Crippen LogP contribution in [0, 0.1) is 17.8 Å². The molecule has 4 nitrogen and oxygen atoms in total. The van der Waals surface area contributed by atoms with Gasteiger partial charge in [0.05, 0.1) is 18.6 Å². The van der Waals surface area contributed by atoms with Crippen LogP contribution in [0.2, 0.25) is 0 Å². The lowest BCUT2D eigenvalue weighted by Crippen LogP contribution is -2.36. The molecule has 2 aromatic carbocycles. The number of piperidine rings is 1. The van der Waals surface area contributed by atoms with E-state index in [0.717, 1.165) is 50.1 Å². The van der Waals surface area contributed by atoms with E-state index in [9.17, 15) is 4.79 Å². The lowest BCUT2D eigenvalue weighted by molar-refractivity contribution is -0.149. The molecule has 180 valence electrons. The molecule has 0 N–H and O–H groups in total. The lowest BCUT2D eigenvalue weighted by Gasteiger charge is -2.32. The number of esters is 1. The molecule has 1 atom stereocenters. The Balaban J connectivity index is 1.30. The van der Waals surface area contributed by atoms with Crippen LogP contribution in [0.3, 0.4) is 0 Å². The molecule has 2 aromatic rings. The van der Waals surface area contributed by atoms with Gasteiger partial charge in [-0.15, -0.1) is 0 Å². The summed E-state index contributed by atoms with van der Waals surface area (Å²) in [6.45, 7) is 9.89. The van der Waals surface area contributed by atoms with Crippen molar-refractivity contribution < 1.29 is 14.3 Å². The molecule has 4 rings (SSSR count). The molecule has 33 heavy (non-hydrogen) atoms. The van der Waals surface area contributed by atoms with Gasteiger partial charge in [0.1, 0.15) is 5.75 Å². The fourth-order valence-electron chi connectivity index (χ4n) is 5.59. The average molecular weight is 452 g/mol. The number of hydrogen-bond acceptors (Lipinski definition) is 4. The van der Waals surface area contributed by atoms with Crippen molar-refractivity contribution in [2.45, 2.75) is 78.4 Å². The Kier molecular flexibility index (Phi) is 8.29. The quantitative estimate of drug-likeness (QED) is 0.424. The maximum atomic E-state index is 12.0. The largest absolute Gasteiger partial charge is 0.490 e. The Bertz CT molecular complexity index is 910. The van der Waals surface area contributed by atoms with Crippen molar-refractivity contribution in [1.29, 1.82) is 0 Å². The number of benzene rings is 2. The van der Waals surface area contributed by atoms with Gasteiger partial charge in [-0.25, -0.2) is 0 Å². The fraction of sp³-hybridized carbons (Fsp3) is 0.621. The summed E-state index contributed by atoms with van der Waals surface area (Å²) in [7, 11) is 0. The summed E-state index contributed by atoms with van der Waals surface area (Å²) >= 11 is 0. The number of ether oxygens (including phenoxy) is 2. The van der Waals surface area contributed by atoms with E-state index in [0.29, 0.717) is 12.7 Å². The highest BCUT2D eigenvalue weighted by Crippen LogP contribution is 2.34. The van der Waals surface area contributed by atoms with Crippen LogP contribution < -0.4 is 4.74 Å². The smallest absolute Gasteiger partial charge is 0.309 e. The number of fused-ring (bicyclic) bond motifs is 1. The molecule has 1 saturated carbocycles. The molecule has 1 aliphatic carbocycles. The van der Waals surface area contributed by atoms with Crippen LogP contribution in [-0.2, 0) is 16.1 Å². The van der Waals surface area contributed by atoms with E-state index in [4.69, 9.17) is 9.47 Å². The van der Waals surface area contributed by atoms with Crippen molar-refractivity contribution in [1.82, 2.24) is 4.90 Å². The maximum Gasteiger partial charge on any atom is 0.309 e. The molecule has 1 aliphatic heterocycles. The number of carbonyl (C=O) groups excluding carboxylic acids is 1. The van der Waals surface area contributed by atoms with Gasteiger partial charge in [-0.3, -0.25) is 9.69 Å². The molecule has 0 spiro atoms. The first kappa shape index (κ1) is 24.1. The molecule has 4 heteroatoms. The van der Waals surface area contributed by atoms with Crippen LogP contribution >= 0.6 is 0 Å². The first-order valence-corrected chi connectivity index (χ1v) is 13.1. The first-order valence-electron chi connectivity index (χ1n) is 13.1. The minimum absolute atomic E-state index is 0.0237. The lowest BCUT2D eigenvalue weighted by atomic mass is 9.79. The minimum atomic E-state index is -0.0237. The van der Waals surface area contributed by atoms with E-state index in [2.05, 4.69) is 55.1 Å². The SMILES string of the molecule is CCOC(=O)C1CCN(Cc2ccc3cc(OC4CCC(C(C)CC)CC4)ccc3c2)CC1. The third-order valence-corrected chi connectivity index (χ3v) is 7.96. The summed E-state index contributed by atoms with van der Waals surface area (Å²) in [5.74, 6) is 2.76. The number of carbonyl (C=O) groups is 1.